The third-order valence-electron chi connectivity index (χ3n) is 8.90. The molecule has 2 aliphatic rings. The molecule has 0 unspecified atom stereocenters. The van der Waals surface area contributed by atoms with E-state index >= 15 is 0 Å². The normalized spacial score (nSPS) is 13.2. The van der Waals surface area contributed by atoms with Crippen LogP contribution in [-0.2, 0) is 6.42 Å². The molecular formula is C40H27NS. The van der Waals surface area contributed by atoms with Gasteiger partial charge >= 0.3 is 0 Å². The molecule has 2 aliphatic carbocycles. The maximum Gasteiger partial charge on any atom is 0.0458 e. The van der Waals surface area contributed by atoms with Crippen molar-refractivity contribution in [3.8, 4) is 33.4 Å². The molecular weight excluding hydrogens is 527 g/mol. The Morgan fingerprint density at radius 3 is 1.88 bits per heavy atom. The molecule has 0 aliphatic heterocycles. The Kier molecular flexibility index (Phi) is 5.26. The van der Waals surface area contributed by atoms with Gasteiger partial charge < -0.3 is 4.90 Å². The molecule has 1 aromatic heterocycles. The monoisotopic (exact) mass is 553 g/mol. The average Bonchev–Trinajstić information content (AvgIpc) is 3.59. The van der Waals surface area contributed by atoms with Crippen LogP contribution in [0, 0.1) is 0 Å². The first-order valence-electron chi connectivity index (χ1n) is 14.7. The summed E-state index contributed by atoms with van der Waals surface area (Å²) < 4.78 is 1.37. The van der Waals surface area contributed by atoms with Gasteiger partial charge in [-0.05, 0) is 105 Å². The minimum absolute atomic E-state index is 1.02. The summed E-state index contributed by atoms with van der Waals surface area (Å²) in [7, 11) is 0. The Labute approximate surface area is 249 Å². The van der Waals surface area contributed by atoms with Crippen LogP contribution in [-0.4, -0.2) is 0 Å². The molecule has 6 aromatic carbocycles. The zero-order valence-corrected chi connectivity index (χ0v) is 23.9. The number of benzene rings is 6. The first kappa shape index (κ1) is 23.8. The van der Waals surface area contributed by atoms with E-state index in [4.69, 9.17) is 0 Å². The molecule has 7 aromatic rings. The number of thiophene rings is 1. The fraction of sp³-hybridized carbons (Fsp3) is 0.0500. The van der Waals surface area contributed by atoms with Crippen molar-refractivity contribution >= 4 is 49.6 Å². The number of hydrogen-bond acceptors (Lipinski definition) is 2. The van der Waals surface area contributed by atoms with Gasteiger partial charge in [-0.25, -0.2) is 0 Å². The quantitative estimate of drug-likeness (QED) is 0.209. The van der Waals surface area contributed by atoms with E-state index in [1.807, 2.05) is 11.3 Å². The summed E-state index contributed by atoms with van der Waals surface area (Å²) in [4.78, 5) is 3.92. The number of aryl methyl sites for hydroxylation is 1. The highest BCUT2D eigenvalue weighted by molar-refractivity contribution is 7.19. The summed E-state index contributed by atoms with van der Waals surface area (Å²) in [6, 6.07) is 48.9. The first-order valence-corrected chi connectivity index (χ1v) is 15.5. The molecule has 0 bridgehead atoms. The standard InChI is InChI=1S/C40H27NS/c1-3-10-27(11-4-1)41(28-12-5-2-6-13-28)29-19-23-39-37(25-29)36-24-26(18-22-38(36)42-39)30-20-21-35-32-15-8-7-14-31(32)34-17-9-16-33(30)40(34)35/h1-18,20-22,24-25H,19,23H2. The second-order valence-electron chi connectivity index (χ2n) is 11.2. The second kappa shape index (κ2) is 9.30. The van der Waals surface area contributed by atoms with Gasteiger partial charge in [0.2, 0.25) is 0 Å². The lowest BCUT2D eigenvalue weighted by atomic mass is 9.92. The van der Waals surface area contributed by atoms with Crippen LogP contribution in [0.2, 0.25) is 0 Å². The fourth-order valence-corrected chi connectivity index (χ4v) is 8.19. The summed E-state index contributed by atoms with van der Waals surface area (Å²) in [6.45, 7) is 0. The van der Waals surface area contributed by atoms with Crippen LogP contribution in [0.25, 0.3) is 60.3 Å². The summed E-state index contributed by atoms with van der Waals surface area (Å²) >= 11 is 1.96. The minimum atomic E-state index is 1.02. The van der Waals surface area contributed by atoms with E-state index in [1.54, 1.807) is 0 Å². The van der Waals surface area contributed by atoms with Crippen LogP contribution < -0.4 is 4.90 Å². The lowest BCUT2D eigenvalue weighted by Crippen LogP contribution is -2.18. The number of nitrogens with zero attached hydrogens (tertiary/aromatic N) is 1. The molecule has 0 atom stereocenters. The summed E-state index contributed by atoms with van der Waals surface area (Å²) in [6.07, 6.45) is 4.53. The zero-order chi connectivity index (χ0) is 27.6. The van der Waals surface area contributed by atoms with Gasteiger partial charge in [0.1, 0.15) is 0 Å². The van der Waals surface area contributed by atoms with Crippen LogP contribution in [0.4, 0.5) is 11.4 Å². The van der Waals surface area contributed by atoms with E-state index in [1.165, 1.54) is 81.8 Å². The van der Waals surface area contributed by atoms with Gasteiger partial charge in [-0.15, -0.1) is 11.3 Å². The number of allylic oxidation sites excluding steroid dienone is 1. The number of para-hydroxylation sites is 2. The highest BCUT2D eigenvalue weighted by Crippen LogP contribution is 2.50. The zero-order valence-electron chi connectivity index (χ0n) is 23.0. The molecule has 0 radical (unpaired) electrons. The van der Waals surface area contributed by atoms with Crippen LogP contribution in [0.15, 0.2) is 139 Å². The van der Waals surface area contributed by atoms with Gasteiger partial charge in [0, 0.05) is 32.0 Å². The van der Waals surface area contributed by atoms with Gasteiger partial charge in [0.15, 0.2) is 0 Å². The molecule has 1 nitrogen and oxygen atoms in total. The smallest absolute Gasteiger partial charge is 0.0458 e. The molecule has 198 valence electrons. The second-order valence-corrected chi connectivity index (χ2v) is 12.4. The maximum absolute atomic E-state index is 2.45. The third kappa shape index (κ3) is 3.55. The summed E-state index contributed by atoms with van der Waals surface area (Å²) in [5.41, 5.74) is 13.1. The number of hydrogen-bond donors (Lipinski definition) is 0. The van der Waals surface area contributed by atoms with Crippen LogP contribution in [0.1, 0.15) is 16.9 Å². The van der Waals surface area contributed by atoms with E-state index in [2.05, 4.69) is 144 Å². The van der Waals surface area contributed by atoms with Crippen LogP contribution >= 0.6 is 11.3 Å². The lowest BCUT2D eigenvalue weighted by Gasteiger charge is -2.30. The Bertz CT molecular complexity index is 2120. The SMILES string of the molecule is C1=C(N(c2ccccc2)c2ccccc2)CCc2sc3ccc(-c4ccc5c6c(cccc46)-c4ccccc4-5)cc3c21. The van der Waals surface area contributed by atoms with Crippen molar-refractivity contribution in [2.45, 2.75) is 12.8 Å². The average molecular weight is 554 g/mol. The number of fused-ring (bicyclic) bond motifs is 6. The molecule has 42 heavy (non-hydrogen) atoms. The summed E-state index contributed by atoms with van der Waals surface area (Å²) in [5, 5.41) is 4.07. The number of rotatable bonds is 4. The molecule has 0 spiro atoms. The van der Waals surface area contributed by atoms with Crippen molar-refractivity contribution in [2.75, 3.05) is 4.90 Å². The predicted octanol–water partition coefficient (Wildman–Crippen LogP) is 11.5. The third-order valence-corrected chi connectivity index (χ3v) is 10.1. The molecule has 0 saturated heterocycles. The topological polar surface area (TPSA) is 3.24 Å². The highest BCUT2D eigenvalue weighted by atomic mass is 32.1. The lowest BCUT2D eigenvalue weighted by molar-refractivity contribution is 0.911. The van der Waals surface area contributed by atoms with Crippen molar-refractivity contribution in [2.24, 2.45) is 0 Å². The van der Waals surface area contributed by atoms with E-state index < -0.39 is 0 Å². The molecule has 0 fully saturated rings. The van der Waals surface area contributed by atoms with Gasteiger partial charge in [-0.2, -0.15) is 0 Å². The van der Waals surface area contributed by atoms with Crippen LogP contribution in [0.5, 0.6) is 0 Å². The molecule has 2 heteroatoms. The molecule has 0 N–H and O–H groups in total. The van der Waals surface area contributed by atoms with E-state index in [-0.39, 0.29) is 0 Å². The van der Waals surface area contributed by atoms with E-state index in [0.717, 1.165) is 12.8 Å². The van der Waals surface area contributed by atoms with Crippen molar-refractivity contribution in [3.63, 3.8) is 0 Å². The largest absolute Gasteiger partial charge is 0.314 e. The Balaban J connectivity index is 1.20. The van der Waals surface area contributed by atoms with E-state index in [0.29, 0.717) is 0 Å². The predicted molar refractivity (Wildman–Crippen MR) is 181 cm³/mol. The minimum Gasteiger partial charge on any atom is -0.314 e. The molecule has 0 amide bonds. The van der Waals surface area contributed by atoms with Crippen molar-refractivity contribution in [3.05, 3.63) is 150 Å². The van der Waals surface area contributed by atoms with Gasteiger partial charge in [0.25, 0.3) is 0 Å². The summed E-state index contributed by atoms with van der Waals surface area (Å²) in [5.74, 6) is 0. The molecule has 9 rings (SSSR count). The van der Waals surface area contributed by atoms with Crippen molar-refractivity contribution < 1.29 is 0 Å². The maximum atomic E-state index is 2.45. The van der Waals surface area contributed by atoms with Gasteiger partial charge in [-0.1, -0.05) is 97.1 Å². The van der Waals surface area contributed by atoms with Crippen molar-refractivity contribution in [1.29, 1.82) is 0 Å². The Morgan fingerprint density at radius 2 is 1.14 bits per heavy atom. The molecule has 1 heterocycles. The molecule has 0 saturated carbocycles. The Morgan fingerprint density at radius 1 is 0.500 bits per heavy atom. The number of anilines is 2. The van der Waals surface area contributed by atoms with Crippen molar-refractivity contribution in [1.82, 2.24) is 0 Å². The first-order chi connectivity index (χ1) is 20.8. The fourth-order valence-electron chi connectivity index (χ4n) is 7.03. The van der Waals surface area contributed by atoms with E-state index in [9.17, 15) is 0 Å². The van der Waals surface area contributed by atoms with Gasteiger partial charge in [0.05, 0.1) is 0 Å². The van der Waals surface area contributed by atoms with Crippen LogP contribution in [0.3, 0.4) is 0 Å². The highest BCUT2D eigenvalue weighted by Gasteiger charge is 2.24. The Hall–Kier alpha value is -4.92. The van der Waals surface area contributed by atoms with Gasteiger partial charge in [-0.3, -0.25) is 0 Å².